The molecule has 0 aliphatic carbocycles. The summed E-state index contributed by atoms with van der Waals surface area (Å²) in [4.78, 5) is 0. The van der Waals surface area contributed by atoms with Gasteiger partial charge >= 0.3 is 0 Å². The molecule has 0 radical (unpaired) electrons. The first kappa shape index (κ1) is 75.1. The van der Waals surface area contributed by atoms with E-state index in [1.54, 1.807) is 0 Å². The molecule has 0 aromatic heterocycles. The summed E-state index contributed by atoms with van der Waals surface area (Å²) in [5.74, 6) is 15.2. The highest BCUT2D eigenvalue weighted by Crippen LogP contribution is 2.62. The summed E-state index contributed by atoms with van der Waals surface area (Å²) in [6, 6.07) is 46.4. The van der Waals surface area contributed by atoms with Gasteiger partial charge in [-0.3, -0.25) is 0 Å². The molecule has 6 aliphatic rings. The summed E-state index contributed by atoms with van der Waals surface area (Å²) < 4.78 is 24.4. The van der Waals surface area contributed by atoms with Gasteiger partial charge in [-0.05, 0) is 188 Å². The second-order valence-electron chi connectivity index (χ2n) is 21.7. The van der Waals surface area contributed by atoms with Crippen molar-refractivity contribution in [3.05, 3.63) is 226 Å². The summed E-state index contributed by atoms with van der Waals surface area (Å²) in [6.45, 7) is 0. The van der Waals surface area contributed by atoms with Crippen LogP contribution in [0.25, 0.3) is 90.1 Å². The van der Waals surface area contributed by atoms with Crippen molar-refractivity contribution in [1.82, 2.24) is 0 Å². The lowest BCUT2D eigenvalue weighted by molar-refractivity contribution is 1.63. The predicted octanol–water partition coefficient (Wildman–Crippen LogP) is 25.8. The van der Waals surface area contributed by atoms with Gasteiger partial charge in [0.15, 0.2) is 0 Å². The first-order chi connectivity index (χ1) is 49.0. The van der Waals surface area contributed by atoms with Gasteiger partial charge in [0.05, 0.1) is 76.3 Å². The van der Waals surface area contributed by atoms with E-state index in [1.807, 2.05) is 282 Å². The van der Waals surface area contributed by atoms with Crippen LogP contribution >= 0.6 is 282 Å². The molecule has 0 spiro atoms. The van der Waals surface area contributed by atoms with Crippen LogP contribution in [0, 0.1) is 23.7 Å². The van der Waals surface area contributed by atoms with E-state index in [1.165, 1.54) is 172 Å². The third-order valence-corrected chi connectivity index (χ3v) is 47.9. The molecule has 0 N–H and O–H groups in total. The Labute approximate surface area is 687 Å². The summed E-state index contributed by atoms with van der Waals surface area (Å²) in [5.41, 5.74) is 3.98. The first-order valence-corrected chi connectivity index (χ1v) is 54.8. The van der Waals surface area contributed by atoms with Crippen molar-refractivity contribution < 1.29 is 0 Å². The molecule has 100 heavy (non-hydrogen) atoms. The Kier molecular flexibility index (Phi) is 25.2. The van der Waals surface area contributed by atoms with Crippen LogP contribution in [0.4, 0.5) is 0 Å². The molecule has 504 valence electrons. The van der Waals surface area contributed by atoms with Crippen molar-refractivity contribution in [2.24, 2.45) is 0 Å². The van der Waals surface area contributed by atoms with Crippen LogP contribution in [0.2, 0.25) is 0 Å². The molecule has 9 aromatic rings. The second kappa shape index (κ2) is 33.5. The fraction of sp³-hybridized carbons (Fsp3) is 0.158. The van der Waals surface area contributed by atoms with Gasteiger partial charge in [0.1, 0.15) is 0 Å². The molecule has 6 heterocycles. The molecule has 15 rings (SSSR count). The van der Waals surface area contributed by atoms with Crippen molar-refractivity contribution in [1.29, 1.82) is 0 Å². The number of hydrogen-bond acceptors (Lipinski definition) is 24. The summed E-state index contributed by atoms with van der Waals surface area (Å²) in [7, 11) is 0. The van der Waals surface area contributed by atoms with Gasteiger partial charge in [0.2, 0.25) is 0 Å². The molecule has 9 aromatic carbocycles. The Morgan fingerprint density at radius 1 is 0.180 bits per heavy atom. The van der Waals surface area contributed by atoms with Crippen molar-refractivity contribution in [2.45, 2.75) is 0 Å². The van der Waals surface area contributed by atoms with Crippen molar-refractivity contribution in [3.63, 3.8) is 0 Å². The summed E-state index contributed by atoms with van der Waals surface area (Å²) >= 11 is 45.3. The van der Waals surface area contributed by atoms with Crippen LogP contribution in [0.1, 0.15) is 22.3 Å². The van der Waals surface area contributed by atoms with E-state index in [0.717, 1.165) is 22.3 Å². The largest absolute Gasteiger partial charge is 0.121 e. The average molecular weight is 1740 g/mol. The average Bonchev–Trinajstić information content (AvgIpc) is 1.23. The standard InChI is InChI=1S/C76H56S24/c1-77-65-66(78-2)90-59(89-65)53-41-17-13-15-19-43(41)55(61-93-69(81-5)70(82-6)94-61)49-33-37(25-29-45(49)53)21-23-39-27-31-47-51(35-39)57(63-97-73(85-9)74(86-10)98-63)48-32-28-40(36-52(48)58(47)64-99-75(87-11)76(88-12)100-64)24-22-38-26-30-46-50(34-38)56(62-95-71(83-7)72(84-8)96-62)44-20-16-14-18-42(44)54(46)60-91-67(79-3)68(80-4)92-60/h13-20,25-36H,1-12H3. The van der Waals surface area contributed by atoms with E-state index in [9.17, 15) is 0 Å². The Bertz CT molecular complexity index is 5380. The van der Waals surface area contributed by atoms with Crippen LogP contribution in [0.3, 0.4) is 0 Å². The highest BCUT2D eigenvalue weighted by atomic mass is 32.3. The molecule has 0 saturated carbocycles. The van der Waals surface area contributed by atoms with E-state index in [2.05, 4.69) is 220 Å². The Hall–Kier alpha value is -0.280. The highest BCUT2D eigenvalue weighted by molar-refractivity contribution is 8.49. The maximum Gasteiger partial charge on any atom is 0.0657 e. The summed E-state index contributed by atoms with van der Waals surface area (Å²) in [5, 5.41) is 22.9. The third-order valence-electron chi connectivity index (χ3n) is 16.5. The zero-order chi connectivity index (χ0) is 69.0. The van der Waals surface area contributed by atoms with Crippen LogP contribution in [-0.2, 0) is 0 Å². The minimum atomic E-state index is 0.991. The van der Waals surface area contributed by atoms with Gasteiger partial charge < -0.3 is 0 Å². The maximum atomic E-state index is 3.80. The lowest BCUT2D eigenvalue weighted by atomic mass is 9.95. The fourth-order valence-electron chi connectivity index (χ4n) is 12.3. The van der Waals surface area contributed by atoms with Crippen LogP contribution in [-0.4, -0.2) is 75.1 Å². The molecular formula is C76H56S24. The molecule has 0 fully saturated rings. The third kappa shape index (κ3) is 14.4. The lowest BCUT2D eigenvalue weighted by Gasteiger charge is -2.13. The second-order valence-corrected chi connectivity index (χ2v) is 48.4. The summed E-state index contributed by atoms with van der Waals surface area (Å²) in [6.07, 6.45) is 26.5. The Morgan fingerprint density at radius 3 is 0.470 bits per heavy atom. The maximum absolute atomic E-state index is 3.80. The van der Waals surface area contributed by atoms with Crippen LogP contribution < -0.4 is 31.3 Å². The van der Waals surface area contributed by atoms with Gasteiger partial charge in [-0.15, -0.1) is 141 Å². The normalized spacial score (nSPS) is 16.9. The van der Waals surface area contributed by atoms with Gasteiger partial charge in [-0.25, -0.2) is 0 Å². The van der Waals surface area contributed by atoms with Crippen LogP contribution in [0.15, 0.2) is 172 Å². The Morgan fingerprint density at radius 2 is 0.320 bits per heavy atom. The number of rotatable bonds is 12. The molecule has 0 atom stereocenters. The molecule has 0 bridgehead atoms. The molecule has 6 aliphatic heterocycles. The fourth-order valence-corrected chi connectivity index (χ4v) is 43.0. The first-order valence-electron chi connectivity index (χ1n) is 30.4. The number of benzene rings is 9. The van der Waals surface area contributed by atoms with E-state index in [0.29, 0.717) is 0 Å². The smallest absolute Gasteiger partial charge is 0.0657 e. The van der Waals surface area contributed by atoms with Crippen molar-refractivity contribution in [3.8, 4) is 23.7 Å². The van der Waals surface area contributed by atoms with Crippen LogP contribution in [0.5, 0.6) is 0 Å². The molecule has 0 amide bonds. The topological polar surface area (TPSA) is 0 Å². The molecular weight excluding hydrogens is 1680 g/mol. The minimum absolute atomic E-state index is 0.991. The van der Waals surface area contributed by atoms with Crippen molar-refractivity contribution >= 4 is 372 Å². The van der Waals surface area contributed by atoms with Crippen molar-refractivity contribution in [2.75, 3.05) is 75.1 Å². The van der Waals surface area contributed by atoms with E-state index in [4.69, 9.17) is 0 Å². The molecule has 0 unspecified atom stereocenters. The molecule has 0 saturated heterocycles. The number of fused-ring (bicyclic) bond motifs is 6. The number of hydrogen-bond donors (Lipinski definition) is 0. The zero-order valence-electron chi connectivity index (χ0n) is 55.3. The van der Waals surface area contributed by atoms with E-state index >= 15 is 0 Å². The van der Waals surface area contributed by atoms with E-state index in [-0.39, 0.29) is 0 Å². The van der Waals surface area contributed by atoms with E-state index < -0.39 is 0 Å². The molecule has 0 nitrogen and oxygen atoms in total. The quantitative estimate of drug-likeness (QED) is 0.0841. The Balaban J connectivity index is 0.924. The SMILES string of the molecule is CSC1=C(SC)SC(=c2c3ccccc3c(=C3SC(SC)=C(SC)S3)c3cc(C#Cc4ccc5c(=C6SC(SC)=C(SC)S6)c6cc(C#Cc7ccc8c(=C9SC(SC)=C(SC)S9)c9ccccc9c(=C9SC(SC)=C(SC)S9)c8c7)ccc6c(=C6SC(SC)=C(SC)S6)c5c4)ccc23)S1. The van der Waals surface area contributed by atoms with Gasteiger partial charge in [-0.2, -0.15) is 0 Å². The van der Waals surface area contributed by atoms with Gasteiger partial charge in [0, 0.05) is 53.6 Å². The monoisotopic (exact) mass is 1740 g/mol. The zero-order valence-corrected chi connectivity index (χ0v) is 74.9. The predicted molar refractivity (Wildman–Crippen MR) is 510 cm³/mol. The van der Waals surface area contributed by atoms with Gasteiger partial charge in [0.25, 0.3) is 0 Å². The lowest BCUT2D eigenvalue weighted by Crippen LogP contribution is -2.17. The number of thioether (sulfide) groups is 24. The minimum Gasteiger partial charge on any atom is -0.121 e. The highest BCUT2D eigenvalue weighted by Gasteiger charge is 2.31. The molecule has 24 heteroatoms. The van der Waals surface area contributed by atoms with Gasteiger partial charge in [-0.1, -0.05) is 238 Å².